The summed E-state index contributed by atoms with van der Waals surface area (Å²) in [6.45, 7) is 9.18. The highest BCUT2D eigenvalue weighted by Gasteiger charge is 2.29. The molecule has 1 aliphatic heterocycles. The van der Waals surface area contributed by atoms with E-state index in [1.165, 1.54) is 0 Å². The van der Waals surface area contributed by atoms with Crippen LogP contribution in [0.2, 0.25) is 0 Å². The summed E-state index contributed by atoms with van der Waals surface area (Å²) in [6.07, 6.45) is 1.12. The number of nitrogens with zero attached hydrogens (tertiary/aromatic N) is 2. The van der Waals surface area contributed by atoms with Crippen LogP contribution in [0.25, 0.3) is 0 Å². The molecule has 7 nitrogen and oxygen atoms in total. The number of amides is 1. The van der Waals surface area contributed by atoms with Gasteiger partial charge in [-0.15, -0.1) is 0 Å². The summed E-state index contributed by atoms with van der Waals surface area (Å²) in [6, 6.07) is 7.14. The number of sulfonamides is 1. The van der Waals surface area contributed by atoms with Crippen molar-refractivity contribution < 1.29 is 17.9 Å². The minimum absolute atomic E-state index is 0.224. The molecule has 1 aromatic rings. The van der Waals surface area contributed by atoms with Crippen molar-refractivity contribution in [2.75, 3.05) is 50.0 Å². The van der Waals surface area contributed by atoms with Gasteiger partial charge in [-0.2, -0.15) is 0 Å². The van der Waals surface area contributed by atoms with E-state index >= 15 is 0 Å². The van der Waals surface area contributed by atoms with Gasteiger partial charge in [0, 0.05) is 25.2 Å². The SMILES string of the molecule is Cc1ccccc1N(CC(=O)NCC(C)(C)N1CCOCC1)S(C)(=O)=O. The summed E-state index contributed by atoms with van der Waals surface area (Å²) in [5.41, 5.74) is 1.11. The van der Waals surface area contributed by atoms with Crippen LogP contribution in [0.15, 0.2) is 24.3 Å². The Morgan fingerprint density at radius 3 is 2.46 bits per heavy atom. The van der Waals surface area contributed by atoms with Crippen molar-refractivity contribution >= 4 is 21.6 Å². The summed E-state index contributed by atoms with van der Waals surface area (Å²) in [4.78, 5) is 14.7. The Kier molecular flexibility index (Phi) is 6.65. The third kappa shape index (κ3) is 5.43. The van der Waals surface area contributed by atoms with Crippen LogP contribution < -0.4 is 9.62 Å². The van der Waals surface area contributed by atoms with E-state index in [2.05, 4.69) is 24.1 Å². The number of ether oxygens (including phenoxy) is 1. The van der Waals surface area contributed by atoms with Gasteiger partial charge in [0.05, 0.1) is 25.2 Å². The van der Waals surface area contributed by atoms with Gasteiger partial charge in [-0.1, -0.05) is 18.2 Å². The normalized spacial score (nSPS) is 16.3. The first-order chi connectivity index (χ1) is 12.1. The van der Waals surface area contributed by atoms with Crippen LogP contribution in [0.1, 0.15) is 19.4 Å². The van der Waals surface area contributed by atoms with E-state index < -0.39 is 10.0 Å². The Balaban J connectivity index is 2.03. The van der Waals surface area contributed by atoms with Crippen molar-refractivity contribution in [1.82, 2.24) is 10.2 Å². The summed E-state index contributed by atoms with van der Waals surface area (Å²) >= 11 is 0. The standard InChI is InChI=1S/C18H29N3O4S/c1-15-7-5-6-8-16(15)21(26(4,23)24)13-17(22)19-14-18(2,3)20-9-11-25-12-10-20/h5-8H,9-14H2,1-4H3,(H,19,22). The number of para-hydroxylation sites is 1. The van der Waals surface area contributed by atoms with E-state index in [1.807, 2.05) is 19.1 Å². The van der Waals surface area contributed by atoms with E-state index in [4.69, 9.17) is 4.74 Å². The first-order valence-corrected chi connectivity index (χ1v) is 10.6. The average Bonchev–Trinajstić information content (AvgIpc) is 2.59. The molecule has 0 saturated carbocycles. The van der Waals surface area contributed by atoms with E-state index in [-0.39, 0.29) is 18.0 Å². The Bertz CT molecular complexity index is 728. The molecule has 1 saturated heterocycles. The summed E-state index contributed by atoms with van der Waals surface area (Å²) in [5, 5.41) is 2.88. The van der Waals surface area contributed by atoms with Crippen LogP contribution in [-0.2, 0) is 19.6 Å². The Labute approximate surface area is 156 Å². The number of anilines is 1. The van der Waals surface area contributed by atoms with Crippen molar-refractivity contribution in [2.24, 2.45) is 0 Å². The lowest BCUT2D eigenvalue weighted by Crippen LogP contribution is -2.56. The van der Waals surface area contributed by atoms with Crippen LogP contribution in [0.3, 0.4) is 0 Å². The van der Waals surface area contributed by atoms with Crippen molar-refractivity contribution in [2.45, 2.75) is 26.3 Å². The second kappa shape index (κ2) is 8.37. The van der Waals surface area contributed by atoms with E-state index in [0.29, 0.717) is 25.4 Å². The van der Waals surface area contributed by atoms with Gasteiger partial charge in [0.25, 0.3) is 0 Å². The first-order valence-electron chi connectivity index (χ1n) is 8.74. The van der Waals surface area contributed by atoms with Crippen LogP contribution in [-0.4, -0.2) is 70.4 Å². The van der Waals surface area contributed by atoms with Crippen LogP contribution in [0.4, 0.5) is 5.69 Å². The molecule has 2 rings (SSSR count). The van der Waals surface area contributed by atoms with Crippen LogP contribution in [0, 0.1) is 6.92 Å². The van der Waals surface area contributed by atoms with E-state index in [0.717, 1.165) is 29.2 Å². The summed E-state index contributed by atoms with van der Waals surface area (Å²) in [5.74, 6) is -0.319. The van der Waals surface area contributed by atoms with Gasteiger partial charge in [0.1, 0.15) is 6.54 Å². The zero-order chi connectivity index (χ0) is 19.4. The molecule has 1 amide bonds. The third-order valence-corrected chi connectivity index (χ3v) is 5.78. The minimum Gasteiger partial charge on any atom is -0.379 e. The summed E-state index contributed by atoms with van der Waals surface area (Å²) in [7, 11) is -3.56. The quantitative estimate of drug-likeness (QED) is 0.760. The fourth-order valence-electron chi connectivity index (χ4n) is 3.01. The van der Waals surface area contributed by atoms with Gasteiger partial charge in [0.2, 0.25) is 15.9 Å². The zero-order valence-electron chi connectivity index (χ0n) is 16.0. The maximum absolute atomic E-state index is 12.5. The lowest BCUT2D eigenvalue weighted by atomic mass is 10.0. The molecule has 8 heteroatoms. The number of benzene rings is 1. The molecule has 1 N–H and O–H groups in total. The van der Waals surface area contributed by atoms with E-state index in [1.54, 1.807) is 12.1 Å². The molecule has 0 aliphatic carbocycles. The molecular weight excluding hydrogens is 354 g/mol. The Morgan fingerprint density at radius 1 is 1.27 bits per heavy atom. The Morgan fingerprint density at radius 2 is 1.88 bits per heavy atom. The fraction of sp³-hybridized carbons (Fsp3) is 0.611. The molecule has 0 unspecified atom stereocenters. The number of carbonyl (C=O) groups is 1. The largest absolute Gasteiger partial charge is 0.379 e. The number of aryl methyl sites for hydroxylation is 1. The maximum Gasteiger partial charge on any atom is 0.240 e. The van der Waals surface area contributed by atoms with Gasteiger partial charge in [0.15, 0.2) is 0 Å². The number of nitrogens with one attached hydrogen (secondary N) is 1. The van der Waals surface area contributed by atoms with Gasteiger partial charge < -0.3 is 10.1 Å². The number of rotatable bonds is 7. The van der Waals surface area contributed by atoms with Crippen molar-refractivity contribution in [3.63, 3.8) is 0 Å². The molecular formula is C18H29N3O4S. The lowest BCUT2D eigenvalue weighted by Gasteiger charge is -2.41. The lowest BCUT2D eigenvalue weighted by molar-refractivity contribution is -0.120. The van der Waals surface area contributed by atoms with E-state index in [9.17, 15) is 13.2 Å². The molecule has 0 radical (unpaired) electrons. The molecule has 1 fully saturated rings. The van der Waals surface area contributed by atoms with Gasteiger partial charge in [-0.05, 0) is 32.4 Å². The van der Waals surface area contributed by atoms with Crippen molar-refractivity contribution in [3.8, 4) is 0 Å². The molecule has 1 heterocycles. The number of hydrogen-bond donors (Lipinski definition) is 1. The number of hydrogen-bond acceptors (Lipinski definition) is 5. The van der Waals surface area contributed by atoms with Gasteiger partial charge in [-0.3, -0.25) is 14.0 Å². The molecule has 26 heavy (non-hydrogen) atoms. The van der Waals surface area contributed by atoms with Crippen LogP contribution in [0.5, 0.6) is 0 Å². The smallest absolute Gasteiger partial charge is 0.240 e. The second-order valence-corrected chi connectivity index (χ2v) is 9.15. The maximum atomic E-state index is 12.5. The number of morpholine rings is 1. The molecule has 0 spiro atoms. The van der Waals surface area contributed by atoms with Crippen molar-refractivity contribution in [3.05, 3.63) is 29.8 Å². The fourth-order valence-corrected chi connectivity index (χ4v) is 3.92. The second-order valence-electron chi connectivity index (χ2n) is 7.24. The third-order valence-electron chi connectivity index (χ3n) is 4.66. The van der Waals surface area contributed by atoms with Gasteiger partial charge >= 0.3 is 0 Å². The van der Waals surface area contributed by atoms with Crippen LogP contribution >= 0.6 is 0 Å². The van der Waals surface area contributed by atoms with Crippen molar-refractivity contribution in [1.29, 1.82) is 0 Å². The summed E-state index contributed by atoms with van der Waals surface area (Å²) < 4.78 is 30.9. The molecule has 146 valence electrons. The Hall–Kier alpha value is -1.64. The topological polar surface area (TPSA) is 79.0 Å². The highest BCUT2D eigenvalue weighted by molar-refractivity contribution is 7.92. The molecule has 1 aliphatic rings. The zero-order valence-corrected chi connectivity index (χ0v) is 16.8. The molecule has 0 aromatic heterocycles. The highest BCUT2D eigenvalue weighted by atomic mass is 32.2. The minimum atomic E-state index is -3.56. The predicted molar refractivity (Wildman–Crippen MR) is 103 cm³/mol. The highest BCUT2D eigenvalue weighted by Crippen LogP contribution is 2.21. The predicted octanol–water partition coefficient (Wildman–Crippen LogP) is 0.988. The number of carbonyl (C=O) groups excluding carboxylic acids is 1. The molecule has 1 aromatic carbocycles. The monoisotopic (exact) mass is 383 g/mol. The molecule has 0 bridgehead atoms. The van der Waals surface area contributed by atoms with Gasteiger partial charge in [-0.25, -0.2) is 8.42 Å². The first kappa shape index (κ1) is 20.7. The molecule has 0 atom stereocenters. The average molecular weight is 384 g/mol.